The molecule has 0 amide bonds. The molecule has 10 nitrogen and oxygen atoms in total. The van der Waals surface area contributed by atoms with Crippen LogP contribution in [0.1, 0.15) is 18.1 Å². The van der Waals surface area contributed by atoms with Crippen LogP contribution in [0.4, 0.5) is 17.1 Å². The van der Waals surface area contributed by atoms with Crippen molar-refractivity contribution in [1.82, 2.24) is 4.57 Å². The first-order valence-electron chi connectivity index (χ1n) is 7.47. The molecule has 0 radical (unpaired) electrons. The monoisotopic (exact) mass is 357 g/mol. The fraction of sp³-hybridized carbons (Fsp3) is 0.250. The molecule has 26 heavy (non-hydrogen) atoms. The minimum absolute atomic E-state index is 0.0649. The van der Waals surface area contributed by atoms with Gasteiger partial charge in [-0.1, -0.05) is 12.1 Å². The average Bonchev–Trinajstić information content (AvgIpc) is 2.59. The Morgan fingerprint density at radius 1 is 1.38 bits per heavy atom. The molecule has 2 rings (SSSR count). The third kappa shape index (κ3) is 3.57. The maximum atomic E-state index is 12.5. The Bertz CT molecular complexity index is 988. The highest BCUT2D eigenvalue weighted by atomic mass is 16.6. The summed E-state index contributed by atoms with van der Waals surface area (Å²) < 4.78 is 0.810. The Kier molecular flexibility index (Phi) is 5.44. The first-order chi connectivity index (χ1) is 12.3. The highest BCUT2D eigenvalue weighted by Gasteiger charge is 2.20. The maximum Gasteiger partial charge on any atom is 0.296 e. The molecule has 2 aromatic rings. The van der Waals surface area contributed by atoms with Gasteiger partial charge in [-0.25, -0.2) is 0 Å². The van der Waals surface area contributed by atoms with Crippen molar-refractivity contribution in [2.45, 2.75) is 26.5 Å². The Balaban J connectivity index is 2.66. The number of hydrogen-bond donors (Lipinski definition) is 2. The standard InChI is InChI=1S/C16H15N5O5/c1-9(22)8-20-15(23)11(7-17)10(2)14(16(20)24)19-18-12-5-3-4-6-13(12)21(25)26/h3-6,9,22-23H,8H2,1-2H3. The number of para-hydroxylation sites is 1. The molecule has 2 N–H and O–H groups in total. The van der Waals surface area contributed by atoms with Gasteiger partial charge in [0.1, 0.15) is 11.6 Å². The molecule has 0 spiro atoms. The normalized spacial score (nSPS) is 12.1. The Morgan fingerprint density at radius 3 is 2.62 bits per heavy atom. The molecule has 1 heterocycles. The van der Waals surface area contributed by atoms with E-state index in [1.54, 1.807) is 6.07 Å². The van der Waals surface area contributed by atoms with Crippen molar-refractivity contribution in [3.05, 3.63) is 55.9 Å². The fourth-order valence-corrected chi connectivity index (χ4v) is 2.30. The molecule has 0 aliphatic heterocycles. The van der Waals surface area contributed by atoms with Gasteiger partial charge in [0.05, 0.1) is 17.6 Å². The van der Waals surface area contributed by atoms with Crippen LogP contribution in [0, 0.1) is 28.4 Å². The van der Waals surface area contributed by atoms with E-state index in [2.05, 4.69) is 10.2 Å². The summed E-state index contributed by atoms with van der Waals surface area (Å²) in [5, 5.41) is 47.4. The van der Waals surface area contributed by atoms with Crippen molar-refractivity contribution in [3.8, 4) is 11.9 Å². The molecule has 1 aromatic carbocycles. The lowest BCUT2D eigenvalue weighted by Crippen LogP contribution is -2.26. The van der Waals surface area contributed by atoms with Crippen LogP contribution >= 0.6 is 0 Å². The van der Waals surface area contributed by atoms with E-state index in [1.807, 2.05) is 0 Å². The van der Waals surface area contributed by atoms with E-state index in [-0.39, 0.29) is 34.7 Å². The van der Waals surface area contributed by atoms with Gasteiger partial charge in [0, 0.05) is 11.6 Å². The quantitative estimate of drug-likeness (QED) is 0.476. The molecule has 1 atom stereocenters. The number of nitro groups is 1. The lowest BCUT2D eigenvalue weighted by atomic mass is 10.1. The van der Waals surface area contributed by atoms with Gasteiger partial charge in [-0.2, -0.15) is 5.26 Å². The van der Waals surface area contributed by atoms with Crippen molar-refractivity contribution in [3.63, 3.8) is 0 Å². The number of benzene rings is 1. The number of azo groups is 1. The topological polar surface area (TPSA) is 154 Å². The minimum Gasteiger partial charge on any atom is -0.493 e. The number of aliphatic hydroxyl groups excluding tert-OH is 1. The molecule has 1 unspecified atom stereocenters. The number of rotatable bonds is 5. The van der Waals surface area contributed by atoms with Crippen LogP contribution in [-0.2, 0) is 6.54 Å². The lowest BCUT2D eigenvalue weighted by molar-refractivity contribution is -0.384. The maximum absolute atomic E-state index is 12.5. The summed E-state index contributed by atoms with van der Waals surface area (Å²) >= 11 is 0. The summed E-state index contributed by atoms with van der Waals surface area (Å²) in [6.45, 7) is 2.56. The number of nitrogens with zero attached hydrogens (tertiary/aromatic N) is 5. The fourth-order valence-electron chi connectivity index (χ4n) is 2.30. The third-order valence-electron chi connectivity index (χ3n) is 3.55. The van der Waals surface area contributed by atoms with Gasteiger partial charge < -0.3 is 10.2 Å². The van der Waals surface area contributed by atoms with Crippen LogP contribution in [0.25, 0.3) is 0 Å². The molecule has 0 fully saturated rings. The van der Waals surface area contributed by atoms with E-state index in [0.29, 0.717) is 0 Å². The molecule has 1 aromatic heterocycles. The van der Waals surface area contributed by atoms with Gasteiger partial charge in [0.25, 0.3) is 11.2 Å². The number of aromatic hydroxyl groups is 1. The summed E-state index contributed by atoms with van der Waals surface area (Å²) in [7, 11) is 0. The second kappa shape index (κ2) is 7.54. The zero-order chi connectivity index (χ0) is 19.4. The zero-order valence-electron chi connectivity index (χ0n) is 13.9. The predicted molar refractivity (Wildman–Crippen MR) is 90.8 cm³/mol. The van der Waals surface area contributed by atoms with E-state index in [9.17, 15) is 30.4 Å². The predicted octanol–water partition coefficient (Wildman–Crippen LogP) is 2.44. The lowest BCUT2D eigenvalue weighted by Gasteiger charge is -2.14. The van der Waals surface area contributed by atoms with Crippen LogP contribution in [0.2, 0.25) is 0 Å². The van der Waals surface area contributed by atoms with Crippen LogP contribution in [0.5, 0.6) is 5.88 Å². The number of aliphatic hydroxyl groups is 1. The Morgan fingerprint density at radius 2 is 2.04 bits per heavy atom. The van der Waals surface area contributed by atoms with Crippen LogP contribution in [0.15, 0.2) is 39.3 Å². The highest BCUT2D eigenvalue weighted by Crippen LogP contribution is 2.30. The molecule has 10 heteroatoms. The van der Waals surface area contributed by atoms with Gasteiger partial charge in [-0.05, 0) is 19.9 Å². The van der Waals surface area contributed by atoms with Crippen LogP contribution in [-0.4, -0.2) is 25.8 Å². The molecule has 0 aliphatic carbocycles. The Hall–Kier alpha value is -3.58. The average molecular weight is 357 g/mol. The second-order valence-electron chi connectivity index (χ2n) is 5.49. The summed E-state index contributed by atoms with van der Waals surface area (Å²) in [6.07, 6.45) is -0.965. The van der Waals surface area contributed by atoms with Crippen molar-refractivity contribution in [2.75, 3.05) is 0 Å². The van der Waals surface area contributed by atoms with E-state index in [0.717, 1.165) is 4.57 Å². The molecule has 134 valence electrons. The van der Waals surface area contributed by atoms with Gasteiger partial charge in [0.15, 0.2) is 11.4 Å². The molecular formula is C16H15N5O5. The molecule has 0 saturated heterocycles. The summed E-state index contributed by atoms with van der Waals surface area (Å²) in [5.41, 5.74) is -1.50. The zero-order valence-corrected chi connectivity index (χ0v) is 13.9. The van der Waals surface area contributed by atoms with Gasteiger partial charge in [0.2, 0.25) is 5.88 Å². The van der Waals surface area contributed by atoms with Crippen LogP contribution < -0.4 is 5.56 Å². The number of pyridine rings is 1. The number of nitriles is 1. The van der Waals surface area contributed by atoms with E-state index in [1.165, 1.54) is 38.1 Å². The van der Waals surface area contributed by atoms with Crippen molar-refractivity contribution in [1.29, 1.82) is 5.26 Å². The van der Waals surface area contributed by atoms with Gasteiger partial charge >= 0.3 is 0 Å². The molecule has 0 aliphatic rings. The first kappa shape index (κ1) is 18.8. The smallest absolute Gasteiger partial charge is 0.296 e. The second-order valence-corrected chi connectivity index (χ2v) is 5.49. The SMILES string of the molecule is Cc1c(C#N)c(O)n(CC(C)O)c(=O)c1N=Nc1ccccc1[N+](=O)[O-]. The number of nitro benzene ring substituents is 1. The van der Waals surface area contributed by atoms with Gasteiger partial charge in [-0.15, -0.1) is 10.2 Å². The first-order valence-corrected chi connectivity index (χ1v) is 7.47. The molecular weight excluding hydrogens is 342 g/mol. The summed E-state index contributed by atoms with van der Waals surface area (Å²) in [5.74, 6) is -0.583. The van der Waals surface area contributed by atoms with Gasteiger partial charge in [-0.3, -0.25) is 19.5 Å². The number of hydrogen-bond acceptors (Lipinski definition) is 8. The van der Waals surface area contributed by atoms with E-state index >= 15 is 0 Å². The third-order valence-corrected chi connectivity index (χ3v) is 3.55. The van der Waals surface area contributed by atoms with E-state index < -0.39 is 22.5 Å². The highest BCUT2D eigenvalue weighted by molar-refractivity contribution is 5.59. The summed E-state index contributed by atoms with van der Waals surface area (Å²) in [6, 6.07) is 7.36. The number of aromatic nitrogens is 1. The largest absolute Gasteiger partial charge is 0.493 e. The van der Waals surface area contributed by atoms with E-state index in [4.69, 9.17) is 0 Å². The Labute approximate surface area is 147 Å². The minimum atomic E-state index is -0.965. The van der Waals surface area contributed by atoms with Crippen molar-refractivity contribution >= 4 is 17.1 Å². The van der Waals surface area contributed by atoms with Crippen molar-refractivity contribution < 1.29 is 15.1 Å². The summed E-state index contributed by atoms with van der Waals surface area (Å²) in [4.78, 5) is 22.9. The molecule has 0 saturated carbocycles. The van der Waals surface area contributed by atoms with Crippen molar-refractivity contribution in [2.24, 2.45) is 10.2 Å². The van der Waals surface area contributed by atoms with Crippen LogP contribution in [0.3, 0.4) is 0 Å². The molecule has 0 bridgehead atoms.